The zero-order chi connectivity index (χ0) is 18.9. The van der Waals surface area contributed by atoms with E-state index in [4.69, 9.17) is 23.2 Å². The third-order valence-corrected chi connectivity index (χ3v) is 5.96. The number of hydrogen-bond donors (Lipinski definition) is 1. The van der Waals surface area contributed by atoms with Gasteiger partial charge in [-0.1, -0.05) is 47.0 Å². The van der Waals surface area contributed by atoms with Crippen molar-refractivity contribution in [1.29, 1.82) is 0 Å². The van der Waals surface area contributed by atoms with Crippen LogP contribution in [-0.2, 0) is 16.6 Å². The quantitative estimate of drug-likeness (QED) is 0.687. The van der Waals surface area contributed by atoms with Crippen molar-refractivity contribution in [1.82, 2.24) is 14.8 Å². The van der Waals surface area contributed by atoms with E-state index in [2.05, 4.69) is 14.8 Å². The third-order valence-electron chi connectivity index (χ3n) is 3.76. The first-order valence-corrected chi connectivity index (χ1v) is 9.92. The molecule has 9 heteroatoms. The van der Waals surface area contributed by atoms with Gasteiger partial charge in [-0.05, 0) is 37.6 Å². The first kappa shape index (κ1) is 18.7. The van der Waals surface area contributed by atoms with Crippen molar-refractivity contribution >= 4 is 39.2 Å². The van der Waals surface area contributed by atoms with Crippen LogP contribution in [0.4, 0.5) is 5.95 Å². The molecule has 0 spiro atoms. The summed E-state index contributed by atoms with van der Waals surface area (Å²) in [5.41, 5.74) is 2.32. The molecular weight excluding hydrogens is 395 g/mol. The molecule has 0 saturated carbocycles. The SMILES string of the molecule is Cc1ccc(S(=O)(=O)Nc2ncn(Cc3c(Cl)cccc3Cl)n2)c(C)c1. The van der Waals surface area contributed by atoms with E-state index < -0.39 is 10.0 Å². The van der Waals surface area contributed by atoms with E-state index >= 15 is 0 Å². The van der Waals surface area contributed by atoms with Crippen molar-refractivity contribution in [2.24, 2.45) is 0 Å². The zero-order valence-electron chi connectivity index (χ0n) is 14.1. The second kappa shape index (κ2) is 7.26. The third kappa shape index (κ3) is 4.00. The lowest BCUT2D eigenvalue weighted by Gasteiger charge is -2.08. The molecule has 0 radical (unpaired) electrons. The first-order chi connectivity index (χ1) is 12.3. The summed E-state index contributed by atoms with van der Waals surface area (Å²) >= 11 is 12.3. The van der Waals surface area contributed by atoms with E-state index in [9.17, 15) is 8.42 Å². The van der Waals surface area contributed by atoms with Crippen molar-refractivity contribution in [2.75, 3.05) is 4.72 Å². The van der Waals surface area contributed by atoms with Gasteiger partial charge in [0.05, 0.1) is 11.4 Å². The number of aryl methyl sites for hydroxylation is 2. The summed E-state index contributed by atoms with van der Waals surface area (Å²) in [5.74, 6) is -0.0202. The molecular formula is C17H16Cl2N4O2S. The van der Waals surface area contributed by atoms with Crippen molar-refractivity contribution < 1.29 is 8.42 Å². The molecule has 0 unspecified atom stereocenters. The lowest BCUT2D eigenvalue weighted by Crippen LogP contribution is -2.15. The topological polar surface area (TPSA) is 76.9 Å². The highest BCUT2D eigenvalue weighted by molar-refractivity contribution is 7.92. The Labute approximate surface area is 161 Å². The number of rotatable bonds is 5. The molecule has 0 aliphatic heterocycles. The number of aromatic nitrogens is 3. The molecule has 26 heavy (non-hydrogen) atoms. The molecule has 0 aliphatic carbocycles. The van der Waals surface area contributed by atoms with Gasteiger partial charge >= 0.3 is 0 Å². The van der Waals surface area contributed by atoms with Crippen LogP contribution in [0.1, 0.15) is 16.7 Å². The molecule has 0 bridgehead atoms. The van der Waals surface area contributed by atoms with Crippen LogP contribution in [0.25, 0.3) is 0 Å². The largest absolute Gasteiger partial charge is 0.264 e. The second-order valence-electron chi connectivity index (χ2n) is 5.84. The van der Waals surface area contributed by atoms with E-state index in [0.717, 1.165) is 5.56 Å². The number of nitrogens with one attached hydrogen (secondary N) is 1. The Hall–Kier alpha value is -2.09. The molecule has 6 nitrogen and oxygen atoms in total. The Morgan fingerprint density at radius 2 is 1.81 bits per heavy atom. The van der Waals surface area contributed by atoms with Crippen molar-refractivity contribution in [3.63, 3.8) is 0 Å². The monoisotopic (exact) mass is 410 g/mol. The van der Waals surface area contributed by atoms with E-state index in [1.807, 2.05) is 6.92 Å². The lowest BCUT2D eigenvalue weighted by molar-refractivity contribution is 0.600. The normalized spacial score (nSPS) is 11.5. The van der Waals surface area contributed by atoms with Gasteiger partial charge in [0.25, 0.3) is 16.0 Å². The average molecular weight is 411 g/mol. The molecule has 0 saturated heterocycles. The van der Waals surface area contributed by atoms with Gasteiger partial charge in [0.15, 0.2) is 0 Å². The van der Waals surface area contributed by atoms with Crippen LogP contribution in [0.3, 0.4) is 0 Å². The summed E-state index contributed by atoms with van der Waals surface area (Å²) in [6, 6.07) is 10.3. The maximum Gasteiger partial charge on any atom is 0.264 e. The van der Waals surface area contributed by atoms with E-state index in [1.54, 1.807) is 43.3 Å². The average Bonchev–Trinajstić information content (AvgIpc) is 2.97. The highest BCUT2D eigenvalue weighted by atomic mass is 35.5. The fourth-order valence-corrected chi connectivity index (χ4v) is 4.23. The van der Waals surface area contributed by atoms with E-state index in [0.29, 0.717) is 21.2 Å². The number of anilines is 1. The minimum absolute atomic E-state index is 0.0202. The van der Waals surface area contributed by atoms with Gasteiger partial charge in [0, 0.05) is 15.6 Å². The number of hydrogen-bond acceptors (Lipinski definition) is 4. The Kier molecular flexibility index (Phi) is 5.22. The molecule has 1 aromatic heterocycles. The minimum atomic E-state index is -3.78. The Morgan fingerprint density at radius 1 is 1.12 bits per heavy atom. The van der Waals surface area contributed by atoms with Crippen LogP contribution >= 0.6 is 23.2 Å². The summed E-state index contributed by atoms with van der Waals surface area (Å²) < 4.78 is 29.0. The van der Waals surface area contributed by atoms with Crippen LogP contribution in [-0.4, -0.2) is 23.2 Å². The smallest absolute Gasteiger partial charge is 0.246 e. The summed E-state index contributed by atoms with van der Waals surface area (Å²) in [4.78, 5) is 4.19. The number of halogens is 2. The van der Waals surface area contributed by atoms with E-state index in [-0.39, 0.29) is 17.4 Å². The molecule has 1 N–H and O–H groups in total. The van der Waals surface area contributed by atoms with Crippen molar-refractivity contribution in [3.8, 4) is 0 Å². The summed E-state index contributed by atoms with van der Waals surface area (Å²) in [5, 5.41) is 5.15. The molecule has 3 aromatic rings. The Balaban J connectivity index is 1.82. The molecule has 136 valence electrons. The highest BCUT2D eigenvalue weighted by Crippen LogP contribution is 2.25. The molecule has 2 aromatic carbocycles. The fraction of sp³-hybridized carbons (Fsp3) is 0.176. The maximum absolute atomic E-state index is 12.6. The van der Waals surface area contributed by atoms with Crippen molar-refractivity contribution in [3.05, 3.63) is 69.5 Å². The minimum Gasteiger partial charge on any atom is -0.246 e. The van der Waals surface area contributed by atoms with Crippen LogP contribution in [0.5, 0.6) is 0 Å². The van der Waals surface area contributed by atoms with Gasteiger partial charge in [-0.25, -0.2) is 17.8 Å². The predicted molar refractivity (Wildman–Crippen MR) is 102 cm³/mol. The van der Waals surface area contributed by atoms with Gasteiger partial charge in [0.1, 0.15) is 6.33 Å². The van der Waals surface area contributed by atoms with Gasteiger partial charge in [0.2, 0.25) is 0 Å². The van der Waals surface area contributed by atoms with Gasteiger partial charge in [-0.2, -0.15) is 4.98 Å². The molecule has 3 rings (SSSR count). The Bertz CT molecular complexity index is 1040. The first-order valence-electron chi connectivity index (χ1n) is 7.68. The predicted octanol–water partition coefficient (Wildman–Crippen LogP) is 4.05. The lowest BCUT2D eigenvalue weighted by atomic mass is 10.2. The van der Waals surface area contributed by atoms with Crippen LogP contribution in [0, 0.1) is 13.8 Å². The molecule has 0 fully saturated rings. The van der Waals surface area contributed by atoms with Crippen LogP contribution in [0.2, 0.25) is 10.0 Å². The van der Waals surface area contributed by atoms with Crippen LogP contribution < -0.4 is 4.72 Å². The molecule has 0 amide bonds. The van der Waals surface area contributed by atoms with Gasteiger partial charge in [-0.15, -0.1) is 5.10 Å². The molecule has 1 heterocycles. The van der Waals surface area contributed by atoms with Gasteiger partial charge < -0.3 is 0 Å². The van der Waals surface area contributed by atoms with Crippen molar-refractivity contribution in [2.45, 2.75) is 25.3 Å². The van der Waals surface area contributed by atoms with Crippen LogP contribution in [0.15, 0.2) is 47.6 Å². The summed E-state index contributed by atoms with van der Waals surface area (Å²) in [6.45, 7) is 3.92. The maximum atomic E-state index is 12.6. The number of nitrogens with zero attached hydrogens (tertiary/aromatic N) is 3. The number of sulfonamides is 1. The summed E-state index contributed by atoms with van der Waals surface area (Å²) in [7, 11) is -3.78. The fourth-order valence-electron chi connectivity index (χ4n) is 2.54. The number of benzene rings is 2. The Morgan fingerprint density at radius 3 is 2.46 bits per heavy atom. The molecule has 0 aliphatic rings. The standard InChI is InChI=1S/C17H16Cl2N4O2S/c1-11-6-7-16(12(2)8-11)26(24,25)22-17-20-10-23(21-17)9-13-14(18)4-3-5-15(13)19/h3-8,10H,9H2,1-2H3,(H,21,22). The highest BCUT2D eigenvalue weighted by Gasteiger charge is 2.19. The van der Waals surface area contributed by atoms with Gasteiger partial charge in [-0.3, -0.25) is 0 Å². The van der Waals surface area contributed by atoms with E-state index in [1.165, 1.54) is 11.0 Å². The molecule has 0 atom stereocenters. The second-order valence-corrected chi connectivity index (χ2v) is 8.31. The zero-order valence-corrected chi connectivity index (χ0v) is 16.4. The summed E-state index contributed by atoms with van der Waals surface area (Å²) in [6.07, 6.45) is 1.42.